The minimum atomic E-state index is -0.110. The van der Waals surface area contributed by atoms with Crippen LogP contribution in [0.15, 0.2) is 29.1 Å². The number of aromatic amines is 1. The molecule has 0 unspecified atom stereocenters. The minimum absolute atomic E-state index is 0.110. The summed E-state index contributed by atoms with van der Waals surface area (Å²) in [4.78, 5) is 25.1. The van der Waals surface area contributed by atoms with Gasteiger partial charge in [-0.15, -0.1) is 0 Å². The second-order valence-electron chi connectivity index (χ2n) is 3.44. The molecule has 76 valence electrons. The fourth-order valence-electron chi connectivity index (χ4n) is 1.60. The average Bonchev–Trinajstić information content (AvgIpc) is 2.28. The number of aldehydes is 1. The molecule has 0 spiro atoms. The van der Waals surface area contributed by atoms with Crippen molar-refractivity contribution in [3.63, 3.8) is 0 Å². The highest BCUT2D eigenvalue weighted by Crippen LogP contribution is 2.11. The van der Waals surface area contributed by atoms with E-state index in [0.29, 0.717) is 22.9 Å². The van der Waals surface area contributed by atoms with Gasteiger partial charge >= 0.3 is 0 Å². The summed E-state index contributed by atoms with van der Waals surface area (Å²) in [6, 6.07) is 6.98. The molecule has 2 rings (SSSR count). The fraction of sp³-hybridized carbons (Fsp3) is 0.167. The lowest BCUT2D eigenvalue weighted by atomic mass is 10.1. The van der Waals surface area contributed by atoms with Gasteiger partial charge in [-0.25, -0.2) is 0 Å². The molecule has 0 atom stereocenters. The molecule has 0 saturated heterocycles. The third-order valence-corrected chi connectivity index (χ3v) is 2.45. The van der Waals surface area contributed by atoms with Gasteiger partial charge < -0.3 is 4.98 Å². The second kappa shape index (κ2) is 3.69. The van der Waals surface area contributed by atoms with Crippen molar-refractivity contribution in [1.82, 2.24) is 4.98 Å². The quantitative estimate of drug-likeness (QED) is 0.754. The Labute approximate surface area is 86.8 Å². The largest absolute Gasteiger partial charge is 0.352 e. The van der Waals surface area contributed by atoms with E-state index in [1.54, 1.807) is 0 Å². The van der Waals surface area contributed by atoms with Crippen molar-refractivity contribution in [1.29, 1.82) is 0 Å². The van der Waals surface area contributed by atoms with Crippen LogP contribution in [0.25, 0.3) is 10.9 Å². The number of fused-ring (bicyclic) bond motifs is 1. The Morgan fingerprint density at radius 2 is 2.13 bits per heavy atom. The SMILES string of the molecule is CCc1ccc2[nH]c(C=O)cc(=O)c2c1. The number of nitrogens with one attached hydrogen (secondary N) is 1. The predicted octanol–water partition coefficient (Wildman–Crippen LogP) is 1.90. The maximum absolute atomic E-state index is 11.6. The van der Waals surface area contributed by atoms with E-state index in [0.717, 1.165) is 12.0 Å². The van der Waals surface area contributed by atoms with E-state index in [9.17, 15) is 9.59 Å². The van der Waals surface area contributed by atoms with Crippen molar-refractivity contribution >= 4 is 17.2 Å². The predicted molar refractivity (Wildman–Crippen MR) is 59.3 cm³/mol. The molecular weight excluding hydrogens is 190 g/mol. The molecule has 0 amide bonds. The molecule has 1 N–H and O–H groups in total. The molecule has 3 nitrogen and oxygen atoms in total. The summed E-state index contributed by atoms with van der Waals surface area (Å²) < 4.78 is 0. The van der Waals surface area contributed by atoms with Crippen LogP contribution in [0.4, 0.5) is 0 Å². The molecule has 0 aliphatic heterocycles. The van der Waals surface area contributed by atoms with Crippen LogP contribution < -0.4 is 5.43 Å². The van der Waals surface area contributed by atoms with E-state index >= 15 is 0 Å². The van der Waals surface area contributed by atoms with Crippen LogP contribution in [0.1, 0.15) is 23.0 Å². The van der Waals surface area contributed by atoms with Gasteiger partial charge in [0.1, 0.15) is 0 Å². The third kappa shape index (κ3) is 1.68. The number of H-pyrrole nitrogens is 1. The van der Waals surface area contributed by atoms with Gasteiger partial charge in [-0.1, -0.05) is 13.0 Å². The van der Waals surface area contributed by atoms with E-state index in [-0.39, 0.29) is 5.43 Å². The summed E-state index contributed by atoms with van der Waals surface area (Å²) in [5.41, 5.74) is 2.03. The van der Waals surface area contributed by atoms with Crippen LogP contribution in [-0.2, 0) is 6.42 Å². The summed E-state index contributed by atoms with van der Waals surface area (Å²) >= 11 is 0. The van der Waals surface area contributed by atoms with Gasteiger partial charge in [0.25, 0.3) is 0 Å². The van der Waals surface area contributed by atoms with Gasteiger partial charge in [0.15, 0.2) is 11.7 Å². The van der Waals surface area contributed by atoms with Crippen LogP contribution in [0.3, 0.4) is 0 Å². The van der Waals surface area contributed by atoms with E-state index in [2.05, 4.69) is 4.98 Å². The first-order chi connectivity index (χ1) is 7.24. The first-order valence-corrected chi connectivity index (χ1v) is 4.85. The summed E-state index contributed by atoms with van der Waals surface area (Å²) in [6.45, 7) is 2.04. The van der Waals surface area contributed by atoms with Crippen molar-refractivity contribution in [3.05, 3.63) is 45.7 Å². The zero-order valence-corrected chi connectivity index (χ0v) is 8.41. The minimum Gasteiger partial charge on any atom is -0.352 e. The molecule has 0 radical (unpaired) electrons. The Morgan fingerprint density at radius 1 is 1.33 bits per heavy atom. The van der Waals surface area contributed by atoms with Crippen molar-refractivity contribution in [2.75, 3.05) is 0 Å². The Morgan fingerprint density at radius 3 is 2.80 bits per heavy atom. The van der Waals surface area contributed by atoms with Crippen LogP contribution in [0, 0.1) is 0 Å². The number of rotatable bonds is 2. The zero-order valence-electron chi connectivity index (χ0n) is 8.41. The van der Waals surface area contributed by atoms with Crippen LogP contribution in [0.5, 0.6) is 0 Å². The molecule has 2 aromatic rings. The molecule has 1 aromatic heterocycles. The number of aromatic nitrogens is 1. The molecule has 3 heteroatoms. The van der Waals surface area contributed by atoms with Crippen LogP contribution in [0.2, 0.25) is 0 Å². The number of hydrogen-bond acceptors (Lipinski definition) is 2. The van der Waals surface area contributed by atoms with Crippen LogP contribution >= 0.6 is 0 Å². The summed E-state index contributed by atoms with van der Waals surface area (Å²) in [6.07, 6.45) is 1.54. The third-order valence-electron chi connectivity index (χ3n) is 2.45. The lowest BCUT2D eigenvalue weighted by molar-refractivity contribution is 0.111. The first-order valence-electron chi connectivity index (χ1n) is 4.85. The van der Waals surface area contributed by atoms with Crippen molar-refractivity contribution in [2.24, 2.45) is 0 Å². The number of benzene rings is 1. The number of pyridine rings is 1. The average molecular weight is 201 g/mol. The maximum Gasteiger partial charge on any atom is 0.190 e. The Hall–Kier alpha value is -1.90. The Kier molecular flexibility index (Phi) is 2.37. The van der Waals surface area contributed by atoms with Gasteiger partial charge in [-0.2, -0.15) is 0 Å². The topological polar surface area (TPSA) is 49.9 Å². The van der Waals surface area contributed by atoms with E-state index < -0.39 is 0 Å². The van der Waals surface area contributed by atoms with Gasteiger partial charge in [0.2, 0.25) is 0 Å². The molecular formula is C12H11NO2. The van der Waals surface area contributed by atoms with Crippen molar-refractivity contribution in [2.45, 2.75) is 13.3 Å². The molecule has 0 aliphatic carbocycles. The fourth-order valence-corrected chi connectivity index (χ4v) is 1.60. The second-order valence-corrected chi connectivity index (χ2v) is 3.44. The highest BCUT2D eigenvalue weighted by molar-refractivity contribution is 5.83. The monoisotopic (exact) mass is 201 g/mol. The molecule has 15 heavy (non-hydrogen) atoms. The summed E-state index contributed by atoms with van der Waals surface area (Å²) in [5, 5.41) is 0.639. The highest BCUT2D eigenvalue weighted by Gasteiger charge is 2.01. The first kappa shape index (κ1) is 9.65. The number of carbonyl (C=O) groups excluding carboxylic acids is 1. The number of carbonyl (C=O) groups is 1. The van der Waals surface area contributed by atoms with E-state index in [1.165, 1.54) is 6.07 Å². The summed E-state index contributed by atoms with van der Waals surface area (Å²) in [5.74, 6) is 0. The molecule has 0 aliphatic rings. The Balaban J connectivity index is 2.79. The molecule has 1 aromatic carbocycles. The summed E-state index contributed by atoms with van der Waals surface area (Å²) in [7, 11) is 0. The molecule has 1 heterocycles. The van der Waals surface area contributed by atoms with E-state index in [4.69, 9.17) is 0 Å². The normalized spacial score (nSPS) is 10.5. The zero-order chi connectivity index (χ0) is 10.8. The lowest BCUT2D eigenvalue weighted by Gasteiger charge is -2.01. The van der Waals surface area contributed by atoms with Crippen LogP contribution in [-0.4, -0.2) is 11.3 Å². The molecule has 0 saturated carbocycles. The molecule has 0 bridgehead atoms. The number of aryl methyl sites for hydroxylation is 1. The van der Waals surface area contributed by atoms with Gasteiger partial charge in [0, 0.05) is 17.0 Å². The maximum atomic E-state index is 11.6. The van der Waals surface area contributed by atoms with Crippen molar-refractivity contribution in [3.8, 4) is 0 Å². The van der Waals surface area contributed by atoms with Gasteiger partial charge in [-0.05, 0) is 24.1 Å². The molecule has 0 fully saturated rings. The highest BCUT2D eigenvalue weighted by atomic mass is 16.1. The standard InChI is InChI=1S/C12H11NO2/c1-2-8-3-4-11-10(5-8)12(15)6-9(7-14)13-11/h3-7H,2H2,1H3,(H,13,15). The number of hydrogen-bond donors (Lipinski definition) is 1. The van der Waals surface area contributed by atoms with Gasteiger partial charge in [0.05, 0.1) is 5.69 Å². The van der Waals surface area contributed by atoms with Gasteiger partial charge in [-0.3, -0.25) is 9.59 Å². The Bertz CT molecular complexity index is 569. The van der Waals surface area contributed by atoms with E-state index in [1.807, 2.05) is 25.1 Å². The van der Waals surface area contributed by atoms with Crippen molar-refractivity contribution < 1.29 is 4.79 Å². The smallest absolute Gasteiger partial charge is 0.190 e. The lowest BCUT2D eigenvalue weighted by Crippen LogP contribution is -2.04.